The van der Waals surface area contributed by atoms with Crippen LogP contribution in [0.25, 0.3) is 10.9 Å². The van der Waals surface area contributed by atoms with Crippen molar-refractivity contribution in [3.63, 3.8) is 0 Å². The summed E-state index contributed by atoms with van der Waals surface area (Å²) in [6.07, 6.45) is 2.43. The van der Waals surface area contributed by atoms with Crippen LogP contribution >= 0.6 is 0 Å². The van der Waals surface area contributed by atoms with Crippen LogP contribution in [0.15, 0.2) is 18.2 Å². The van der Waals surface area contributed by atoms with Gasteiger partial charge in [0.1, 0.15) is 5.69 Å². The molecule has 1 aliphatic carbocycles. The Kier molecular flexibility index (Phi) is 4.80. The van der Waals surface area contributed by atoms with Gasteiger partial charge in [0.05, 0.1) is 18.7 Å². The van der Waals surface area contributed by atoms with Gasteiger partial charge < -0.3 is 15.2 Å². The van der Waals surface area contributed by atoms with Crippen molar-refractivity contribution in [1.82, 2.24) is 4.98 Å². The van der Waals surface area contributed by atoms with Crippen LogP contribution in [0.1, 0.15) is 66.7 Å². The fourth-order valence-electron chi connectivity index (χ4n) is 3.31. The minimum Gasteiger partial charge on any atom is -0.364 e. The van der Waals surface area contributed by atoms with E-state index in [0.29, 0.717) is 19.1 Å². The molecule has 1 saturated carbocycles. The molecule has 0 unspecified atom stereocenters. The summed E-state index contributed by atoms with van der Waals surface area (Å²) in [4.78, 5) is 16.1. The van der Waals surface area contributed by atoms with E-state index in [2.05, 4.69) is 17.1 Å². The fraction of sp³-hybridized carbons (Fsp3) is 0.500. The maximum absolute atomic E-state index is 11.6. The smallest absolute Gasteiger partial charge is 0.267 e. The Morgan fingerprint density at radius 3 is 2.40 bits per heavy atom. The molecule has 0 bridgehead atoms. The Morgan fingerprint density at radius 1 is 1.20 bits per heavy atom. The Hall–Kier alpha value is -1.98. The first-order valence-electron chi connectivity index (χ1n) is 9.01. The monoisotopic (exact) mass is 342 g/mol. The van der Waals surface area contributed by atoms with Crippen molar-refractivity contribution in [2.75, 3.05) is 13.2 Å². The third-order valence-corrected chi connectivity index (χ3v) is 4.77. The number of nitrogens with zero attached hydrogens (tertiary/aromatic N) is 1. The first-order chi connectivity index (χ1) is 12.0. The van der Waals surface area contributed by atoms with Crippen LogP contribution in [0.3, 0.4) is 0 Å². The Balaban J connectivity index is 0.000000880. The van der Waals surface area contributed by atoms with Crippen molar-refractivity contribution in [2.45, 2.75) is 52.2 Å². The molecule has 1 aromatic carbocycles. The van der Waals surface area contributed by atoms with Crippen LogP contribution < -0.4 is 5.73 Å². The average Bonchev–Trinajstić information content (AvgIpc) is 3.37. The van der Waals surface area contributed by atoms with Gasteiger partial charge in [-0.15, -0.1) is 0 Å². The maximum Gasteiger partial charge on any atom is 0.267 e. The molecule has 5 nitrogen and oxygen atoms in total. The number of hydrogen-bond donors (Lipinski definition) is 1. The molecule has 0 radical (unpaired) electrons. The summed E-state index contributed by atoms with van der Waals surface area (Å²) >= 11 is 0. The van der Waals surface area contributed by atoms with E-state index in [4.69, 9.17) is 15.2 Å². The van der Waals surface area contributed by atoms with Gasteiger partial charge in [0, 0.05) is 10.9 Å². The number of nitrogens with two attached hydrogens (primary N) is 1. The standard InChI is InChI=1S/C18H20N2O3.C2H6/c1-10-7-15(17(19)21)20-16-13(10)8-12(11-3-4-11)9-14(16)18(2)22-5-6-23-18;1-2/h7-9,11H,3-6H2,1-2H3,(H2,19,21);1-2H3. The normalized spacial score (nSPS) is 18.7. The number of amides is 1. The van der Waals surface area contributed by atoms with Gasteiger partial charge in [0.25, 0.3) is 5.91 Å². The van der Waals surface area contributed by atoms with Crippen molar-refractivity contribution in [3.8, 4) is 0 Å². The molecule has 2 fully saturated rings. The van der Waals surface area contributed by atoms with Crippen LogP contribution in [0, 0.1) is 6.92 Å². The molecule has 1 saturated heterocycles. The summed E-state index contributed by atoms with van der Waals surface area (Å²) in [6, 6.07) is 6.06. The second kappa shape index (κ2) is 6.73. The molecule has 2 aromatic rings. The number of carbonyl (C=O) groups is 1. The predicted molar refractivity (Wildman–Crippen MR) is 97.6 cm³/mol. The van der Waals surface area contributed by atoms with Crippen molar-refractivity contribution in [2.24, 2.45) is 5.73 Å². The van der Waals surface area contributed by atoms with E-state index < -0.39 is 11.7 Å². The molecule has 1 aliphatic heterocycles. The number of ether oxygens (including phenoxy) is 2. The molecule has 2 N–H and O–H groups in total. The fourth-order valence-corrected chi connectivity index (χ4v) is 3.31. The van der Waals surface area contributed by atoms with Crippen LogP contribution in [-0.4, -0.2) is 24.1 Å². The van der Waals surface area contributed by atoms with E-state index in [1.165, 1.54) is 18.4 Å². The molecular formula is C20H26N2O3. The molecule has 2 aliphatic rings. The lowest BCUT2D eigenvalue weighted by Gasteiger charge is -2.25. The Labute approximate surface area is 148 Å². The van der Waals surface area contributed by atoms with E-state index in [1.807, 2.05) is 27.7 Å². The molecule has 1 amide bonds. The van der Waals surface area contributed by atoms with Gasteiger partial charge in [-0.1, -0.05) is 13.8 Å². The highest BCUT2D eigenvalue weighted by molar-refractivity contribution is 5.96. The number of fused-ring (bicyclic) bond motifs is 1. The zero-order chi connectivity index (χ0) is 18.2. The Morgan fingerprint density at radius 2 is 1.84 bits per heavy atom. The van der Waals surface area contributed by atoms with Crippen LogP contribution in [0.2, 0.25) is 0 Å². The number of rotatable bonds is 3. The van der Waals surface area contributed by atoms with Gasteiger partial charge in [-0.25, -0.2) is 4.98 Å². The second-order valence-electron chi connectivity index (χ2n) is 6.57. The van der Waals surface area contributed by atoms with Crippen molar-refractivity contribution < 1.29 is 14.3 Å². The molecule has 2 heterocycles. The number of carbonyl (C=O) groups excluding carboxylic acids is 1. The third kappa shape index (κ3) is 3.26. The number of primary amides is 1. The first-order valence-corrected chi connectivity index (χ1v) is 9.01. The molecule has 4 rings (SSSR count). The largest absolute Gasteiger partial charge is 0.364 e. The molecule has 134 valence electrons. The topological polar surface area (TPSA) is 74.4 Å². The lowest BCUT2D eigenvalue weighted by molar-refractivity contribution is -0.148. The SMILES string of the molecule is CC.Cc1cc(C(N)=O)nc2c(C3(C)OCCO3)cc(C3CC3)cc12. The van der Waals surface area contributed by atoms with Gasteiger partial charge in [0.15, 0.2) is 5.79 Å². The zero-order valence-corrected chi connectivity index (χ0v) is 15.4. The lowest BCUT2D eigenvalue weighted by atomic mass is 9.95. The number of hydrogen-bond acceptors (Lipinski definition) is 4. The molecule has 1 aromatic heterocycles. The summed E-state index contributed by atoms with van der Waals surface area (Å²) < 4.78 is 11.7. The molecule has 0 spiro atoms. The quantitative estimate of drug-likeness (QED) is 0.921. The maximum atomic E-state index is 11.6. The van der Waals surface area contributed by atoms with E-state index >= 15 is 0 Å². The predicted octanol–water partition coefficient (Wildman–Crippen LogP) is 3.77. The van der Waals surface area contributed by atoms with Crippen molar-refractivity contribution >= 4 is 16.8 Å². The van der Waals surface area contributed by atoms with Gasteiger partial charge in [-0.05, 0) is 61.9 Å². The van der Waals surface area contributed by atoms with E-state index in [-0.39, 0.29) is 5.69 Å². The van der Waals surface area contributed by atoms with Gasteiger partial charge >= 0.3 is 0 Å². The van der Waals surface area contributed by atoms with Crippen LogP contribution in [0.4, 0.5) is 0 Å². The van der Waals surface area contributed by atoms with E-state index in [0.717, 1.165) is 22.0 Å². The third-order valence-electron chi connectivity index (χ3n) is 4.77. The van der Waals surface area contributed by atoms with Crippen LogP contribution in [-0.2, 0) is 15.3 Å². The molecule has 5 heteroatoms. The van der Waals surface area contributed by atoms with Gasteiger partial charge in [-0.2, -0.15) is 0 Å². The highest BCUT2D eigenvalue weighted by Crippen LogP contribution is 2.44. The van der Waals surface area contributed by atoms with E-state index in [1.54, 1.807) is 6.07 Å². The van der Waals surface area contributed by atoms with Crippen molar-refractivity contribution in [3.05, 3.63) is 40.6 Å². The first kappa shape index (κ1) is 17.8. The highest BCUT2D eigenvalue weighted by Gasteiger charge is 2.37. The summed E-state index contributed by atoms with van der Waals surface area (Å²) in [6.45, 7) is 9.01. The number of aromatic nitrogens is 1. The minimum atomic E-state index is -0.821. The minimum absolute atomic E-state index is 0.275. The average molecular weight is 342 g/mol. The van der Waals surface area contributed by atoms with Gasteiger partial charge in [0.2, 0.25) is 0 Å². The summed E-state index contributed by atoms with van der Waals surface area (Å²) in [5.41, 5.74) is 9.63. The molecular weight excluding hydrogens is 316 g/mol. The second-order valence-corrected chi connectivity index (χ2v) is 6.57. The van der Waals surface area contributed by atoms with Crippen molar-refractivity contribution in [1.29, 1.82) is 0 Å². The van der Waals surface area contributed by atoms with Gasteiger partial charge in [-0.3, -0.25) is 4.79 Å². The lowest BCUT2D eigenvalue weighted by Crippen LogP contribution is -2.24. The highest BCUT2D eigenvalue weighted by atomic mass is 16.7. The molecule has 0 atom stereocenters. The Bertz CT molecular complexity index is 806. The molecule has 25 heavy (non-hydrogen) atoms. The zero-order valence-electron chi connectivity index (χ0n) is 15.4. The number of pyridine rings is 1. The van der Waals surface area contributed by atoms with E-state index in [9.17, 15) is 4.79 Å². The number of aryl methyl sites for hydroxylation is 1. The summed E-state index contributed by atoms with van der Waals surface area (Å²) in [5, 5.41) is 1.04. The van der Waals surface area contributed by atoms with Crippen LogP contribution in [0.5, 0.6) is 0 Å². The number of benzene rings is 1. The summed E-state index contributed by atoms with van der Waals surface area (Å²) in [7, 11) is 0. The summed E-state index contributed by atoms with van der Waals surface area (Å²) in [5.74, 6) is -0.734.